The highest BCUT2D eigenvalue weighted by molar-refractivity contribution is 4.76. The van der Waals surface area contributed by atoms with Crippen molar-refractivity contribution in [3.63, 3.8) is 0 Å². The molecule has 7 heavy (non-hydrogen) atoms. The van der Waals surface area contributed by atoms with Crippen molar-refractivity contribution in [2.24, 2.45) is 11.8 Å². The molecule has 1 rings (SSSR count). The topological polar surface area (TPSA) is 0 Å². The van der Waals surface area contributed by atoms with Crippen LogP contribution >= 0.6 is 0 Å². The summed E-state index contributed by atoms with van der Waals surface area (Å²) in [6, 6.07) is 0. The molecule has 1 saturated carbocycles. The Hall–Kier alpha value is 0. The minimum atomic E-state index is 1.05. The molecule has 1 fully saturated rings. The highest BCUT2D eigenvalue weighted by Crippen LogP contribution is 2.36. The van der Waals surface area contributed by atoms with Gasteiger partial charge in [-0.1, -0.05) is 27.7 Å². The minimum absolute atomic E-state index is 1.05. The Morgan fingerprint density at radius 2 is 1.14 bits per heavy atom. The lowest BCUT2D eigenvalue weighted by Gasteiger charge is -1.66. The number of hydrogen-bond acceptors (Lipinski definition) is 0. The zero-order valence-electron chi connectivity index (χ0n) is 5.86. The van der Waals surface area contributed by atoms with E-state index in [1.54, 1.807) is 0 Å². The molecular weight excluding hydrogens is 84.1 g/mol. The van der Waals surface area contributed by atoms with Gasteiger partial charge >= 0.3 is 0 Å². The fourth-order valence-corrected chi connectivity index (χ4v) is 0.508. The summed E-state index contributed by atoms with van der Waals surface area (Å²) in [5.74, 6) is 2.10. The Morgan fingerprint density at radius 1 is 1.00 bits per heavy atom. The molecule has 0 heteroatoms. The Bertz CT molecular complexity index is 33.3. The molecule has 0 bridgehead atoms. The Labute approximate surface area is 46.9 Å². The van der Waals surface area contributed by atoms with Crippen LogP contribution in [0, 0.1) is 11.8 Å². The Kier molecular flexibility index (Phi) is 3.06. The van der Waals surface area contributed by atoms with E-state index in [9.17, 15) is 0 Å². The van der Waals surface area contributed by atoms with Gasteiger partial charge in [0.15, 0.2) is 0 Å². The van der Waals surface area contributed by atoms with Gasteiger partial charge in [0.2, 0.25) is 0 Å². The summed E-state index contributed by atoms with van der Waals surface area (Å²) in [7, 11) is 0. The van der Waals surface area contributed by atoms with E-state index < -0.39 is 0 Å². The molecule has 2 atom stereocenters. The molecule has 1 aliphatic carbocycles. The second-order valence-electron chi connectivity index (χ2n) is 2.19. The highest BCUT2D eigenvalue weighted by atomic mass is 14.3. The average molecular weight is 100 g/mol. The first kappa shape index (κ1) is 7.00. The van der Waals surface area contributed by atoms with Gasteiger partial charge in [0.25, 0.3) is 0 Å². The maximum atomic E-state index is 2.30. The largest absolute Gasteiger partial charge is 0.0683 e. The SMILES string of the molecule is CC.CC1CC1C. The van der Waals surface area contributed by atoms with E-state index in [1.807, 2.05) is 13.8 Å². The van der Waals surface area contributed by atoms with Crippen LogP contribution < -0.4 is 0 Å². The molecule has 0 nitrogen and oxygen atoms in total. The fraction of sp³-hybridized carbons (Fsp3) is 1.00. The maximum Gasteiger partial charge on any atom is -0.0414 e. The van der Waals surface area contributed by atoms with Gasteiger partial charge in [-0.3, -0.25) is 0 Å². The van der Waals surface area contributed by atoms with Crippen molar-refractivity contribution in [1.82, 2.24) is 0 Å². The molecule has 0 amide bonds. The van der Waals surface area contributed by atoms with Crippen LogP contribution in [-0.4, -0.2) is 0 Å². The molecule has 2 unspecified atom stereocenters. The van der Waals surface area contributed by atoms with E-state index in [-0.39, 0.29) is 0 Å². The van der Waals surface area contributed by atoms with Crippen molar-refractivity contribution < 1.29 is 0 Å². The van der Waals surface area contributed by atoms with Crippen LogP contribution in [0.25, 0.3) is 0 Å². The van der Waals surface area contributed by atoms with Crippen molar-refractivity contribution in [1.29, 1.82) is 0 Å². The Balaban J connectivity index is 0.000000162. The summed E-state index contributed by atoms with van der Waals surface area (Å²) in [6.07, 6.45) is 1.47. The van der Waals surface area contributed by atoms with Crippen molar-refractivity contribution in [3.8, 4) is 0 Å². The second-order valence-corrected chi connectivity index (χ2v) is 2.19. The van der Waals surface area contributed by atoms with Crippen LogP contribution in [0.15, 0.2) is 0 Å². The molecule has 0 aromatic rings. The first-order chi connectivity index (χ1) is 3.30. The minimum Gasteiger partial charge on any atom is -0.0683 e. The zero-order chi connectivity index (χ0) is 5.86. The first-order valence-corrected chi connectivity index (χ1v) is 3.30. The quantitative estimate of drug-likeness (QED) is 0.439. The average Bonchev–Trinajstić information content (AvgIpc) is 2.27. The van der Waals surface area contributed by atoms with E-state index in [2.05, 4.69) is 13.8 Å². The van der Waals surface area contributed by atoms with Crippen LogP contribution in [0.3, 0.4) is 0 Å². The second kappa shape index (κ2) is 3.06. The van der Waals surface area contributed by atoms with Gasteiger partial charge < -0.3 is 0 Å². The molecule has 0 aromatic carbocycles. The smallest absolute Gasteiger partial charge is 0.0414 e. The fourth-order valence-electron chi connectivity index (χ4n) is 0.508. The molecule has 44 valence electrons. The maximum absolute atomic E-state index is 2.30. The molecular formula is C7H16. The lowest BCUT2D eigenvalue weighted by Crippen LogP contribution is -1.58. The molecule has 1 aliphatic rings. The van der Waals surface area contributed by atoms with Gasteiger partial charge in [0.1, 0.15) is 0 Å². The van der Waals surface area contributed by atoms with Crippen molar-refractivity contribution in [3.05, 3.63) is 0 Å². The number of rotatable bonds is 0. The van der Waals surface area contributed by atoms with E-state index >= 15 is 0 Å². The predicted octanol–water partition coefficient (Wildman–Crippen LogP) is 2.69. The van der Waals surface area contributed by atoms with Crippen LogP contribution in [0.1, 0.15) is 34.1 Å². The molecule has 0 N–H and O–H groups in total. The third kappa shape index (κ3) is 2.67. The predicted molar refractivity (Wildman–Crippen MR) is 34.3 cm³/mol. The van der Waals surface area contributed by atoms with Crippen LogP contribution in [0.4, 0.5) is 0 Å². The molecule has 0 aromatic heterocycles. The van der Waals surface area contributed by atoms with Crippen molar-refractivity contribution >= 4 is 0 Å². The van der Waals surface area contributed by atoms with Gasteiger partial charge in [-0.25, -0.2) is 0 Å². The Morgan fingerprint density at radius 3 is 1.14 bits per heavy atom. The summed E-state index contributed by atoms with van der Waals surface area (Å²) in [6.45, 7) is 8.59. The van der Waals surface area contributed by atoms with Gasteiger partial charge in [-0.05, 0) is 18.3 Å². The molecule has 0 aliphatic heterocycles. The van der Waals surface area contributed by atoms with E-state index in [4.69, 9.17) is 0 Å². The third-order valence-corrected chi connectivity index (χ3v) is 1.51. The number of hydrogen-bond donors (Lipinski definition) is 0. The molecule has 0 heterocycles. The lowest BCUT2D eigenvalue weighted by atomic mass is 10.4. The lowest BCUT2D eigenvalue weighted by molar-refractivity contribution is 0.834. The van der Waals surface area contributed by atoms with Gasteiger partial charge in [0.05, 0.1) is 0 Å². The summed E-state index contributed by atoms with van der Waals surface area (Å²) < 4.78 is 0. The standard InChI is InChI=1S/C5H10.C2H6/c1-4-3-5(4)2;1-2/h4-5H,3H2,1-2H3;1-2H3. The third-order valence-electron chi connectivity index (χ3n) is 1.51. The normalized spacial score (nSPS) is 36.0. The van der Waals surface area contributed by atoms with Crippen LogP contribution in [-0.2, 0) is 0 Å². The van der Waals surface area contributed by atoms with E-state index in [0.717, 1.165) is 11.8 Å². The summed E-state index contributed by atoms with van der Waals surface area (Å²) in [5, 5.41) is 0. The summed E-state index contributed by atoms with van der Waals surface area (Å²) >= 11 is 0. The van der Waals surface area contributed by atoms with Gasteiger partial charge in [0, 0.05) is 0 Å². The van der Waals surface area contributed by atoms with Crippen molar-refractivity contribution in [2.45, 2.75) is 34.1 Å². The zero-order valence-corrected chi connectivity index (χ0v) is 5.86. The van der Waals surface area contributed by atoms with Gasteiger partial charge in [-0.15, -0.1) is 0 Å². The molecule has 0 spiro atoms. The van der Waals surface area contributed by atoms with E-state index in [1.165, 1.54) is 6.42 Å². The molecule has 0 saturated heterocycles. The van der Waals surface area contributed by atoms with Gasteiger partial charge in [-0.2, -0.15) is 0 Å². The van der Waals surface area contributed by atoms with Crippen molar-refractivity contribution in [2.75, 3.05) is 0 Å². The first-order valence-electron chi connectivity index (χ1n) is 3.30. The van der Waals surface area contributed by atoms with Crippen LogP contribution in [0.2, 0.25) is 0 Å². The summed E-state index contributed by atoms with van der Waals surface area (Å²) in [4.78, 5) is 0. The molecule has 0 radical (unpaired) electrons. The highest BCUT2D eigenvalue weighted by Gasteiger charge is 2.26. The monoisotopic (exact) mass is 100 g/mol. The van der Waals surface area contributed by atoms with E-state index in [0.29, 0.717) is 0 Å². The summed E-state index contributed by atoms with van der Waals surface area (Å²) in [5.41, 5.74) is 0. The van der Waals surface area contributed by atoms with Crippen LogP contribution in [0.5, 0.6) is 0 Å².